The molecule has 1 nitrogen and oxygen atoms in total. The van der Waals surface area contributed by atoms with Crippen molar-refractivity contribution in [1.29, 1.82) is 0 Å². The Morgan fingerprint density at radius 2 is 1.93 bits per heavy atom. The number of benzene rings is 1. The summed E-state index contributed by atoms with van der Waals surface area (Å²) in [5, 5.41) is 0. The highest BCUT2D eigenvalue weighted by Gasteiger charge is 2.52. The first-order chi connectivity index (χ1) is 6.92. The molecule has 1 saturated heterocycles. The van der Waals surface area contributed by atoms with E-state index >= 15 is 0 Å². The zero-order valence-corrected chi connectivity index (χ0v) is 8.41. The van der Waals surface area contributed by atoms with Gasteiger partial charge in [0, 0.05) is 12.0 Å². The third-order valence-electron chi connectivity index (χ3n) is 3.68. The van der Waals surface area contributed by atoms with Crippen LogP contribution in [0.5, 0.6) is 0 Å². The van der Waals surface area contributed by atoms with Gasteiger partial charge < -0.3 is 4.74 Å². The van der Waals surface area contributed by atoms with Crippen LogP contribution < -0.4 is 0 Å². The van der Waals surface area contributed by atoms with Gasteiger partial charge in [0.15, 0.2) is 0 Å². The van der Waals surface area contributed by atoms with Gasteiger partial charge in [-0.1, -0.05) is 30.3 Å². The molecule has 74 valence electrons. The van der Waals surface area contributed by atoms with Crippen molar-refractivity contribution in [2.24, 2.45) is 0 Å². The maximum atomic E-state index is 5.83. The second-order valence-electron chi connectivity index (χ2n) is 4.52. The molecule has 2 aliphatic rings. The summed E-state index contributed by atoms with van der Waals surface area (Å²) in [6.07, 6.45) is 5.65. The van der Waals surface area contributed by atoms with Gasteiger partial charge in [0.25, 0.3) is 0 Å². The molecule has 0 aromatic heterocycles. The van der Waals surface area contributed by atoms with E-state index in [0.29, 0.717) is 11.5 Å². The maximum Gasteiger partial charge on any atom is 0.0672 e. The Hall–Kier alpha value is -0.820. The fraction of sp³-hybridized carbons (Fsp3) is 0.538. The monoisotopic (exact) mass is 188 g/mol. The molecule has 0 radical (unpaired) electrons. The SMILES string of the molecule is c1ccc(C2(C3CCCO3)CC2)cc1. The van der Waals surface area contributed by atoms with Crippen LogP contribution in [0.25, 0.3) is 0 Å². The quantitative estimate of drug-likeness (QED) is 0.693. The predicted octanol–water partition coefficient (Wildman–Crippen LogP) is 2.90. The molecule has 0 amide bonds. The minimum atomic E-state index is 0.401. The van der Waals surface area contributed by atoms with Crippen molar-refractivity contribution < 1.29 is 4.74 Å². The van der Waals surface area contributed by atoms with E-state index in [4.69, 9.17) is 4.74 Å². The summed E-state index contributed by atoms with van der Waals surface area (Å²) < 4.78 is 5.83. The lowest BCUT2D eigenvalue weighted by molar-refractivity contribution is 0.0800. The Morgan fingerprint density at radius 3 is 2.50 bits per heavy atom. The van der Waals surface area contributed by atoms with Gasteiger partial charge in [0.2, 0.25) is 0 Å². The van der Waals surface area contributed by atoms with E-state index in [1.165, 1.54) is 31.2 Å². The smallest absolute Gasteiger partial charge is 0.0672 e. The predicted molar refractivity (Wildman–Crippen MR) is 56.3 cm³/mol. The molecule has 0 bridgehead atoms. The van der Waals surface area contributed by atoms with Crippen LogP contribution in [0.1, 0.15) is 31.2 Å². The molecule has 2 fully saturated rings. The second-order valence-corrected chi connectivity index (χ2v) is 4.52. The third kappa shape index (κ3) is 1.19. The summed E-state index contributed by atoms with van der Waals surface area (Å²) in [5.41, 5.74) is 1.89. The molecule has 1 heterocycles. The van der Waals surface area contributed by atoms with Crippen molar-refractivity contribution in [2.45, 2.75) is 37.2 Å². The van der Waals surface area contributed by atoms with Gasteiger partial charge in [-0.15, -0.1) is 0 Å². The Bertz CT molecular complexity index is 307. The van der Waals surface area contributed by atoms with Crippen LogP contribution in [0.2, 0.25) is 0 Å². The van der Waals surface area contributed by atoms with E-state index in [0.717, 1.165) is 6.61 Å². The van der Waals surface area contributed by atoms with Crippen molar-refractivity contribution in [3.63, 3.8) is 0 Å². The summed E-state index contributed by atoms with van der Waals surface area (Å²) in [7, 11) is 0. The Morgan fingerprint density at radius 1 is 1.14 bits per heavy atom. The first kappa shape index (κ1) is 8.49. The first-order valence-electron chi connectivity index (χ1n) is 5.59. The lowest BCUT2D eigenvalue weighted by atomic mass is 9.88. The zero-order valence-electron chi connectivity index (χ0n) is 8.41. The third-order valence-corrected chi connectivity index (χ3v) is 3.68. The molecule has 1 aliphatic carbocycles. The zero-order chi connectivity index (χ0) is 9.43. The summed E-state index contributed by atoms with van der Waals surface area (Å²) in [6.45, 7) is 0.971. The van der Waals surface area contributed by atoms with Gasteiger partial charge in [-0.3, -0.25) is 0 Å². The second kappa shape index (κ2) is 3.09. The van der Waals surface area contributed by atoms with E-state index in [2.05, 4.69) is 30.3 Å². The van der Waals surface area contributed by atoms with Crippen LogP contribution in [0.4, 0.5) is 0 Å². The summed E-state index contributed by atoms with van der Waals surface area (Å²) in [5.74, 6) is 0. The standard InChI is InChI=1S/C13H16O/c1-2-5-11(6-3-1)13(8-9-13)12-7-4-10-14-12/h1-3,5-6,12H,4,7-10H2. The van der Waals surface area contributed by atoms with Gasteiger partial charge in [0.05, 0.1) is 6.10 Å². The molecule has 1 unspecified atom stereocenters. The van der Waals surface area contributed by atoms with E-state index in [9.17, 15) is 0 Å². The molecule has 1 aliphatic heterocycles. The number of hydrogen-bond donors (Lipinski definition) is 0. The molecular formula is C13H16O. The highest BCUT2D eigenvalue weighted by atomic mass is 16.5. The van der Waals surface area contributed by atoms with Crippen LogP contribution >= 0.6 is 0 Å². The Balaban J connectivity index is 1.89. The highest BCUT2D eigenvalue weighted by molar-refractivity contribution is 5.33. The molecule has 3 rings (SSSR count). The molecule has 1 saturated carbocycles. The molecule has 1 atom stereocenters. The molecule has 0 spiro atoms. The highest BCUT2D eigenvalue weighted by Crippen LogP contribution is 2.54. The molecule has 1 aromatic rings. The number of ether oxygens (including phenoxy) is 1. The van der Waals surface area contributed by atoms with Crippen LogP contribution in [0.15, 0.2) is 30.3 Å². The van der Waals surface area contributed by atoms with Crippen molar-refractivity contribution in [3.8, 4) is 0 Å². The van der Waals surface area contributed by atoms with Gasteiger partial charge in [0.1, 0.15) is 0 Å². The van der Waals surface area contributed by atoms with E-state index in [1.807, 2.05) is 0 Å². The molecule has 14 heavy (non-hydrogen) atoms. The fourth-order valence-corrected chi connectivity index (χ4v) is 2.71. The largest absolute Gasteiger partial charge is 0.377 e. The van der Waals surface area contributed by atoms with Crippen molar-refractivity contribution >= 4 is 0 Å². The van der Waals surface area contributed by atoms with Crippen molar-refractivity contribution in [1.82, 2.24) is 0 Å². The van der Waals surface area contributed by atoms with E-state index in [1.54, 1.807) is 0 Å². The average Bonchev–Trinajstić information content (AvgIpc) is 2.88. The number of rotatable bonds is 2. The van der Waals surface area contributed by atoms with Crippen molar-refractivity contribution in [3.05, 3.63) is 35.9 Å². The normalized spacial score (nSPS) is 29.0. The molecule has 1 heteroatoms. The van der Waals surface area contributed by atoms with Crippen LogP contribution in [0.3, 0.4) is 0 Å². The minimum Gasteiger partial charge on any atom is -0.377 e. The topological polar surface area (TPSA) is 9.23 Å². The fourth-order valence-electron chi connectivity index (χ4n) is 2.71. The lowest BCUT2D eigenvalue weighted by Crippen LogP contribution is -2.25. The maximum absolute atomic E-state index is 5.83. The Labute approximate surface area is 85.1 Å². The average molecular weight is 188 g/mol. The van der Waals surface area contributed by atoms with E-state index in [-0.39, 0.29) is 0 Å². The number of hydrogen-bond acceptors (Lipinski definition) is 1. The van der Waals surface area contributed by atoms with Crippen LogP contribution in [-0.2, 0) is 10.2 Å². The summed E-state index contributed by atoms with van der Waals surface area (Å²) in [4.78, 5) is 0. The summed E-state index contributed by atoms with van der Waals surface area (Å²) in [6, 6.07) is 10.9. The summed E-state index contributed by atoms with van der Waals surface area (Å²) >= 11 is 0. The molecule has 0 N–H and O–H groups in total. The van der Waals surface area contributed by atoms with Crippen LogP contribution in [-0.4, -0.2) is 12.7 Å². The molecular weight excluding hydrogens is 172 g/mol. The minimum absolute atomic E-state index is 0.401. The Kier molecular flexibility index (Phi) is 1.88. The van der Waals surface area contributed by atoms with Crippen molar-refractivity contribution in [2.75, 3.05) is 6.61 Å². The van der Waals surface area contributed by atoms with Gasteiger partial charge in [-0.25, -0.2) is 0 Å². The van der Waals surface area contributed by atoms with Crippen LogP contribution in [0, 0.1) is 0 Å². The van der Waals surface area contributed by atoms with Gasteiger partial charge in [-0.2, -0.15) is 0 Å². The molecule has 1 aromatic carbocycles. The van der Waals surface area contributed by atoms with E-state index < -0.39 is 0 Å². The van der Waals surface area contributed by atoms with Gasteiger partial charge in [-0.05, 0) is 31.2 Å². The first-order valence-corrected chi connectivity index (χ1v) is 5.59. The van der Waals surface area contributed by atoms with Gasteiger partial charge >= 0.3 is 0 Å². The lowest BCUT2D eigenvalue weighted by Gasteiger charge is -2.22.